The van der Waals surface area contributed by atoms with E-state index in [2.05, 4.69) is 23.8 Å². The SMILES string of the molecule is CCCCN(CCCC)CCCOc1ccc(S(=O)(=O)c2c(C)nn3cccc(C)c23)cc1.O=C(O)C(=O)O. The van der Waals surface area contributed by atoms with Gasteiger partial charge in [0.15, 0.2) is 0 Å². The zero-order chi connectivity index (χ0) is 29.0. The van der Waals surface area contributed by atoms with E-state index in [-0.39, 0.29) is 9.79 Å². The maximum atomic E-state index is 13.4. The average Bonchev–Trinajstić information content (AvgIpc) is 3.26. The molecule has 10 nitrogen and oxygen atoms in total. The number of unbranched alkanes of at least 4 members (excludes halogenated alkanes) is 2. The predicted octanol–water partition coefficient (Wildman–Crippen LogP) is 4.61. The molecule has 3 rings (SSSR count). The number of rotatable bonds is 13. The molecular weight excluding hydrogens is 522 g/mol. The van der Waals surface area contributed by atoms with Gasteiger partial charge in [-0.1, -0.05) is 32.8 Å². The van der Waals surface area contributed by atoms with Crippen LogP contribution < -0.4 is 4.74 Å². The monoisotopic (exact) mass is 561 g/mol. The fraction of sp³-hybridized carbons (Fsp3) is 0.464. The third kappa shape index (κ3) is 9.07. The maximum Gasteiger partial charge on any atom is 0.414 e. The highest BCUT2D eigenvalue weighted by atomic mass is 32.2. The minimum atomic E-state index is -3.69. The van der Waals surface area contributed by atoms with Gasteiger partial charge in [0, 0.05) is 12.7 Å². The number of fused-ring (bicyclic) bond motifs is 1. The molecule has 3 aromatic rings. The molecule has 0 unspecified atom stereocenters. The van der Waals surface area contributed by atoms with Crippen molar-refractivity contribution in [3.8, 4) is 5.75 Å². The quantitative estimate of drug-likeness (QED) is 0.226. The van der Waals surface area contributed by atoms with Crippen LogP contribution in [0.1, 0.15) is 57.2 Å². The second kappa shape index (κ2) is 15.2. The zero-order valence-electron chi connectivity index (χ0n) is 23.1. The molecule has 2 heterocycles. The molecule has 0 radical (unpaired) electrons. The number of hydrogen-bond acceptors (Lipinski definition) is 7. The first-order valence-corrected chi connectivity index (χ1v) is 14.6. The number of nitrogens with zero attached hydrogens (tertiary/aromatic N) is 3. The minimum absolute atomic E-state index is 0.251. The fourth-order valence-electron chi connectivity index (χ4n) is 4.08. The number of aromatic nitrogens is 2. The maximum absolute atomic E-state index is 13.4. The minimum Gasteiger partial charge on any atom is -0.494 e. The molecule has 0 saturated heterocycles. The number of sulfone groups is 1. The second-order valence-electron chi connectivity index (χ2n) is 9.23. The van der Waals surface area contributed by atoms with Crippen molar-refractivity contribution in [3.63, 3.8) is 0 Å². The number of benzene rings is 1. The molecule has 0 amide bonds. The van der Waals surface area contributed by atoms with Gasteiger partial charge in [-0.2, -0.15) is 5.10 Å². The van der Waals surface area contributed by atoms with Crippen LogP contribution in [0.25, 0.3) is 5.52 Å². The Hall–Kier alpha value is -3.44. The Balaban J connectivity index is 0.000000798. The number of aryl methyl sites for hydroxylation is 2. The predicted molar refractivity (Wildman–Crippen MR) is 148 cm³/mol. The van der Waals surface area contributed by atoms with Crippen LogP contribution in [-0.2, 0) is 19.4 Å². The molecule has 214 valence electrons. The Morgan fingerprint density at radius 3 is 2.03 bits per heavy atom. The Morgan fingerprint density at radius 2 is 1.49 bits per heavy atom. The summed E-state index contributed by atoms with van der Waals surface area (Å²) >= 11 is 0. The van der Waals surface area contributed by atoms with Gasteiger partial charge in [-0.15, -0.1) is 0 Å². The number of carboxylic acids is 2. The van der Waals surface area contributed by atoms with Crippen molar-refractivity contribution < 1.29 is 33.0 Å². The standard InChI is InChI=1S/C26H37N3O3S.C2H2O4/c1-5-7-16-28(17-8-6-2)18-10-20-32-23-12-14-24(15-13-23)33(30,31)26-22(4)27-29-19-9-11-21(3)25(26)29;3-1(4)2(5)6/h9,11-15,19H,5-8,10,16-18,20H2,1-4H3;(H,3,4)(H,5,6). The molecule has 2 N–H and O–H groups in total. The Labute approximate surface area is 230 Å². The molecule has 0 bridgehead atoms. The summed E-state index contributed by atoms with van der Waals surface area (Å²) in [5.74, 6) is -2.96. The fourth-order valence-corrected chi connectivity index (χ4v) is 5.75. The molecule has 0 atom stereocenters. The summed E-state index contributed by atoms with van der Waals surface area (Å²) in [4.78, 5) is 21.2. The third-order valence-electron chi connectivity index (χ3n) is 6.11. The molecule has 0 aliphatic carbocycles. The molecule has 0 aliphatic heterocycles. The van der Waals surface area contributed by atoms with Crippen LogP contribution >= 0.6 is 0 Å². The lowest BCUT2D eigenvalue weighted by molar-refractivity contribution is -0.159. The molecule has 39 heavy (non-hydrogen) atoms. The zero-order valence-corrected chi connectivity index (χ0v) is 23.9. The second-order valence-corrected chi connectivity index (χ2v) is 11.1. The summed E-state index contributed by atoms with van der Waals surface area (Å²) in [6, 6.07) is 10.5. The molecule has 0 fully saturated rings. The van der Waals surface area contributed by atoms with Gasteiger partial charge in [0.25, 0.3) is 0 Å². The first-order valence-electron chi connectivity index (χ1n) is 13.1. The first-order chi connectivity index (χ1) is 18.5. The highest BCUT2D eigenvalue weighted by Crippen LogP contribution is 2.30. The summed E-state index contributed by atoms with van der Waals surface area (Å²) in [5.41, 5.74) is 2.01. The molecule has 11 heteroatoms. The van der Waals surface area contributed by atoms with E-state index in [1.807, 2.05) is 19.1 Å². The molecule has 0 saturated carbocycles. The Morgan fingerprint density at radius 1 is 0.923 bits per heavy atom. The van der Waals surface area contributed by atoms with E-state index in [0.717, 1.165) is 31.6 Å². The van der Waals surface area contributed by atoms with Crippen molar-refractivity contribution in [2.24, 2.45) is 0 Å². The Kier molecular flexibility index (Phi) is 12.4. The van der Waals surface area contributed by atoms with Gasteiger partial charge in [-0.05, 0) is 82.1 Å². The molecule has 0 spiro atoms. The van der Waals surface area contributed by atoms with E-state index in [9.17, 15) is 8.42 Å². The van der Waals surface area contributed by atoms with Crippen molar-refractivity contribution in [2.75, 3.05) is 26.2 Å². The van der Waals surface area contributed by atoms with Gasteiger partial charge in [0.1, 0.15) is 10.6 Å². The van der Waals surface area contributed by atoms with E-state index >= 15 is 0 Å². The number of hydrogen-bond donors (Lipinski definition) is 2. The van der Waals surface area contributed by atoms with Crippen LogP contribution in [0.4, 0.5) is 0 Å². The van der Waals surface area contributed by atoms with E-state index in [4.69, 9.17) is 24.5 Å². The van der Waals surface area contributed by atoms with Gasteiger partial charge in [-0.25, -0.2) is 22.5 Å². The van der Waals surface area contributed by atoms with Crippen LogP contribution in [0.5, 0.6) is 5.75 Å². The van der Waals surface area contributed by atoms with Crippen LogP contribution in [0, 0.1) is 13.8 Å². The van der Waals surface area contributed by atoms with Crippen LogP contribution in [0.2, 0.25) is 0 Å². The summed E-state index contributed by atoms with van der Waals surface area (Å²) in [6.07, 6.45) is 7.61. The van der Waals surface area contributed by atoms with E-state index in [1.54, 1.807) is 41.9 Å². The van der Waals surface area contributed by atoms with Gasteiger partial charge in [0.2, 0.25) is 9.84 Å². The van der Waals surface area contributed by atoms with Crippen molar-refractivity contribution in [2.45, 2.75) is 69.6 Å². The van der Waals surface area contributed by atoms with Gasteiger partial charge in [-0.3, -0.25) is 0 Å². The van der Waals surface area contributed by atoms with E-state index in [0.29, 0.717) is 23.6 Å². The lowest BCUT2D eigenvalue weighted by Crippen LogP contribution is -2.28. The topological polar surface area (TPSA) is 139 Å². The van der Waals surface area contributed by atoms with Crippen molar-refractivity contribution in [3.05, 3.63) is 53.9 Å². The Bertz CT molecular complexity index is 1320. The van der Waals surface area contributed by atoms with E-state index in [1.165, 1.54) is 25.7 Å². The van der Waals surface area contributed by atoms with Crippen LogP contribution in [-0.4, -0.2) is 71.3 Å². The van der Waals surface area contributed by atoms with Crippen LogP contribution in [0.15, 0.2) is 52.4 Å². The molecule has 1 aromatic carbocycles. The number of aliphatic carboxylic acids is 2. The lowest BCUT2D eigenvalue weighted by Gasteiger charge is -2.21. The first kappa shape index (κ1) is 31.8. The molecule has 0 aliphatic rings. The number of pyridine rings is 1. The highest BCUT2D eigenvalue weighted by Gasteiger charge is 2.26. The van der Waals surface area contributed by atoms with Gasteiger partial charge < -0.3 is 19.8 Å². The lowest BCUT2D eigenvalue weighted by atomic mass is 10.2. The molecular formula is C28H39N3O7S. The summed E-state index contributed by atoms with van der Waals surface area (Å²) < 4.78 is 34.3. The smallest absolute Gasteiger partial charge is 0.414 e. The highest BCUT2D eigenvalue weighted by molar-refractivity contribution is 7.91. The third-order valence-corrected chi connectivity index (χ3v) is 8.03. The molecule has 2 aromatic heterocycles. The van der Waals surface area contributed by atoms with Gasteiger partial charge in [0.05, 0.1) is 22.7 Å². The largest absolute Gasteiger partial charge is 0.494 e. The van der Waals surface area contributed by atoms with Crippen molar-refractivity contribution in [1.29, 1.82) is 0 Å². The van der Waals surface area contributed by atoms with Gasteiger partial charge >= 0.3 is 11.9 Å². The summed E-state index contributed by atoms with van der Waals surface area (Å²) in [6.45, 7) is 12.0. The average molecular weight is 562 g/mol. The number of ether oxygens (including phenoxy) is 1. The van der Waals surface area contributed by atoms with Crippen molar-refractivity contribution >= 4 is 27.3 Å². The summed E-state index contributed by atoms with van der Waals surface area (Å²) in [7, 11) is -3.69. The normalized spacial score (nSPS) is 11.3. The summed E-state index contributed by atoms with van der Waals surface area (Å²) in [5, 5.41) is 19.2. The van der Waals surface area contributed by atoms with Crippen LogP contribution in [0.3, 0.4) is 0 Å². The van der Waals surface area contributed by atoms with Crippen molar-refractivity contribution in [1.82, 2.24) is 14.5 Å². The van der Waals surface area contributed by atoms with E-state index < -0.39 is 21.8 Å². The number of carboxylic acid groups (broad SMARTS) is 2. The number of carbonyl (C=O) groups is 2.